The summed E-state index contributed by atoms with van der Waals surface area (Å²) in [5.41, 5.74) is 1.90. The molecule has 0 spiro atoms. The largest absolute Gasteiger partial charge is 0.353 e. The molecule has 0 saturated carbocycles. The molecule has 0 radical (unpaired) electrons. The lowest BCUT2D eigenvalue weighted by Crippen LogP contribution is -2.47. The zero-order chi connectivity index (χ0) is 21.8. The third-order valence-corrected chi connectivity index (χ3v) is 5.31. The highest BCUT2D eigenvalue weighted by Crippen LogP contribution is 2.17. The Morgan fingerprint density at radius 2 is 1.66 bits per heavy atom. The van der Waals surface area contributed by atoms with Crippen molar-refractivity contribution in [2.24, 2.45) is 0 Å². The van der Waals surface area contributed by atoms with Gasteiger partial charge in [0, 0.05) is 50.3 Å². The fourth-order valence-corrected chi connectivity index (χ4v) is 3.64. The number of aromatic nitrogens is 5. The van der Waals surface area contributed by atoms with Gasteiger partial charge in [0.1, 0.15) is 5.82 Å². The van der Waals surface area contributed by atoms with E-state index in [9.17, 15) is 4.79 Å². The highest BCUT2D eigenvalue weighted by atomic mass is 16.1. The van der Waals surface area contributed by atoms with Crippen molar-refractivity contribution in [2.75, 3.05) is 41.3 Å². The van der Waals surface area contributed by atoms with Crippen LogP contribution in [0.1, 0.15) is 10.4 Å². The fourth-order valence-electron chi connectivity index (χ4n) is 3.64. The van der Waals surface area contributed by atoms with Crippen LogP contribution in [0, 0.1) is 0 Å². The number of carbonyl (C=O) groups is 1. The Morgan fingerprint density at radius 3 is 2.38 bits per heavy atom. The van der Waals surface area contributed by atoms with E-state index in [-0.39, 0.29) is 5.91 Å². The van der Waals surface area contributed by atoms with Crippen LogP contribution in [0.2, 0.25) is 0 Å². The third-order valence-electron chi connectivity index (χ3n) is 5.31. The quantitative estimate of drug-likeness (QED) is 0.524. The molecule has 0 bridgehead atoms. The van der Waals surface area contributed by atoms with Gasteiger partial charge in [0.25, 0.3) is 5.91 Å². The van der Waals surface area contributed by atoms with Crippen molar-refractivity contribution in [1.29, 1.82) is 0 Å². The van der Waals surface area contributed by atoms with Gasteiger partial charge in [-0.15, -0.1) is 0 Å². The molecule has 1 aromatic carbocycles. The van der Waals surface area contributed by atoms with Crippen molar-refractivity contribution < 1.29 is 4.79 Å². The van der Waals surface area contributed by atoms with Gasteiger partial charge in [-0.1, -0.05) is 12.1 Å². The van der Waals surface area contributed by atoms with Gasteiger partial charge in [-0.05, 0) is 36.4 Å². The number of pyridine rings is 1. The monoisotopic (exact) mass is 426 g/mol. The second-order valence-corrected chi connectivity index (χ2v) is 7.39. The lowest BCUT2D eigenvalue weighted by atomic mass is 10.2. The maximum absolute atomic E-state index is 12.7. The van der Waals surface area contributed by atoms with Gasteiger partial charge in [-0.3, -0.25) is 4.79 Å². The minimum Gasteiger partial charge on any atom is -0.353 e. The molecule has 1 aliphatic heterocycles. The van der Waals surface area contributed by atoms with E-state index in [4.69, 9.17) is 0 Å². The molecule has 1 amide bonds. The van der Waals surface area contributed by atoms with Gasteiger partial charge >= 0.3 is 0 Å². The van der Waals surface area contributed by atoms with E-state index in [1.165, 1.54) is 0 Å². The predicted molar refractivity (Wildman–Crippen MR) is 122 cm³/mol. The average molecular weight is 426 g/mol. The highest BCUT2D eigenvalue weighted by molar-refractivity contribution is 6.04. The van der Waals surface area contributed by atoms with Crippen LogP contribution in [0.5, 0.6) is 0 Å². The van der Waals surface area contributed by atoms with Gasteiger partial charge in [0.2, 0.25) is 5.95 Å². The standard InChI is InChI=1S/C23H22N8O/c32-22(18-5-3-6-20(15-18)31-10-4-9-27-31)28-19-16-25-23(26-17-19)30-13-11-29(12-14-30)21-7-1-2-8-24-21/h1-10,15-17H,11-14H2,(H,28,32). The van der Waals surface area contributed by atoms with E-state index in [0.717, 1.165) is 37.7 Å². The molecule has 9 heteroatoms. The molecule has 0 unspecified atom stereocenters. The number of carbonyl (C=O) groups excluding carboxylic acids is 1. The Morgan fingerprint density at radius 1 is 0.844 bits per heavy atom. The van der Waals surface area contributed by atoms with Crippen LogP contribution >= 0.6 is 0 Å². The summed E-state index contributed by atoms with van der Waals surface area (Å²) in [4.78, 5) is 30.4. The molecule has 1 saturated heterocycles. The molecule has 3 aromatic heterocycles. The molecule has 4 heterocycles. The number of rotatable bonds is 5. The van der Waals surface area contributed by atoms with E-state index >= 15 is 0 Å². The van der Waals surface area contributed by atoms with Crippen molar-refractivity contribution in [3.8, 4) is 5.69 Å². The molecule has 0 atom stereocenters. The van der Waals surface area contributed by atoms with Crippen molar-refractivity contribution in [3.63, 3.8) is 0 Å². The molecule has 5 rings (SSSR count). The zero-order valence-corrected chi connectivity index (χ0v) is 17.4. The Kier molecular flexibility index (Phi) is 5.44. The molecule has 9 nitrogen and oxygen atoms in total. The first-order valence-corrected chi connectivity index (χ1v) is 10.4. The summed E-state index contributed by atoms with van der Waals surface area (Å²) in [7, 11) is 0. The summed E-state index contributed by atoms with van der Waals surface area (Å²) in [6, 6.07) is 15.1. The summed E-state index contributed by atoms with van der Waals surface area (Å²) >= 11 is 0. The Bertz CT molecular complexity index is 1170. The van der Waals surface area contributed by atoms with Crippen LogP contribution in [0.15, 0.2) is 79.5 Å². The van der Waals surface area contributed by atoms with Crippen LogP contribution in [-0.4, -0.2) is 56.8 Å². The van der Waals surface area contributed by atoms with Crippen LogP contribution in [-0.2, 0) is 0 Å². The molecule has 32 heavy (non-hydrogen) atoms. The number of hydrogen-bond acceptors (Lipinski definition) is 7. The fraction of sp³-hybridized carbons (Fsp3) is 0.174. The number of piperazine rings is 1. The predicted octanol–water partition coefficient (Wildman–Crippen LogP) is 2.64. The van der Waals surface area contributed by atoms with Crippen molar-refractivity contribution >= 4 is 23.4 Å². The number of benzene rings is 1. The summed E-state index contributed by atoms with van der Waals surface area (Å²) < 4.78 is 1.71. The minimum absolute atomic E-state index is 0.223. The van der Waals surface area contributed by atoms with E-state index in [1.54, 1.807) is 35.4 Å². The van der Waals surface area contributed by atoms with E-state index < -0.39 is 0 Å². The van der Waals surface area contributed by atoms with Crippen LogP contribution in [0.4, 0.5) is 17.5 Å². The number of amides is 1. The second kappa shape index (κ2) is 8.84. The minimum atomic E-state index is -0.223. The lowest BCUT2D eigenvalue weighted by Gasteiger charge is -2.35. The number of anilines is 3. The molecular formula is C23H22N8O. The number of nitrogens with zero attached hydrogens (tertiary/aromatic N) is 7. The normalized spacial score (nSPS) is 13.8. The van der Waals surface area contributed by atoms with Crippen molar-refractivity contribution in [1.82, 2.24) is 24.7 Å². The third kappa shape index (κ3) is 4.27. The maximum atomic E-state index is 12.7. The molecule has 1 N–H and O–H groups in total. The lowest BCUT2D eigenvalue weighted by molar-refractivity contribution is 0.102. The Hall–Kier alpha value is -4.27. The summed E-state index contributed by atoms with van der Waals surface area (Å²) in [6.45, 7) is 3.32. The first-order chi connectivity index (χ1) is 15.8. The molecular weight excluding hydrogens is 404 g/mol. The second-order valence-electron chi connectivity index (χ2n) is 7.39. The Labute approximate surface area is 185 Å². The van der Waals surface area contributed by atoms with Gasteiger partial charge in [-0.2, -0.15) is 5.10 Å². The van der Waals surface area contributed by atoms with E-state index in [0.29, 0.717) is 17.2 Å². The summed E-state index contributed by atoms with van der Waals surface area (Å²) in [5, 5.41) is 7.06. The summed E-state index contributed by atoms with van der Waals surface area (Å²) in [5.74, 6) is 1.42. The van der Waals surface area contributed by atoms with Gasteiger partial charge < -0.3 is 15.1 Å². The first-order valence-electron chi connectivity index (χ1n) is 10.4. The molecule has 4 aromatic rings. The molecule has 1 fully saturated rings. The smallest absolute Gasteiger partial charge is 0.255 e. The molecule has 160 valence electrons. The SMILES string of the molecule is O=C(Nc1cnc(N2CCN(c3ccccn3)CC2)nc1)c1cccc(-n2cccn2)c1. The average Bonchev–Trinajstić information content (AvgIpc) is 3.41. The first kappa shape index (κ1) is 19.7. The number of nitrogens with one attached hydrogen (secondary N) is 1. The van der Waals surface area contributed by atoms with E-state index in [1.807, 2.05) is 48.8 Å². The van der Waals surface area contributed by atoms with Crippen molar-refractivity contribution in [3.05, 3.63) is 85.1 Å². The van der Waals surface area contributed by atoms with Gasteiger partial charge in [0.15, 0.2) is 0 Å². The summed E-state index contributed by atoms with van der Waals surface area (Å²) in [6.07, 6.45) is 8.63. The molecule has 1 aliphatic rings. The number of hydrogen-bond donors (Lipinski definition) is 1. The molecule has 0 aliphatic carbocycles. The maximum Gasteiger partial charge on any atom is 0.255 e. The van der Waals surface area contributed by atoms with Crippen LogP contribution < -0.4 is 15.1 Å². The van der Waals surface area contributed by atoms with Gasteiger partial charge in [0.05, 0.1) is 23.8 Å². The van der Waals surface area contributed by atoms with Crippen LogP contribution in [0.25, 0.3) is 5.69 Å². The van der Waals surface area contributed by atoms with Crippen molar-refractivity contribution in [2.45, 2.75) is 0 Å². The van der Waals surface area contributed by atoms with E-state index in [2.05, 4.69) is 35.2 Å². The van der Waals surface area contributed by atoms with Crippen LogP contribution in [0.3, 0.4) is 0 Å². The van der Waals surface area contributed by atoms with Gasteiger partial charge in [-0.25, -0.2) is 19.6 Å². The highest BCUT2D eigenvalue weighted by Gasteiger charge is 2.20. The Balaban J connectivity index is 1.20. The zero-order valence-electron chi connectivity index (χ0n) is 17.4. The topological polar surface area (TPSA) is 92.1 Å².